The molecule has 7 nitrogen and oxygen atoms in total. The highest BCUT2D eigenvalue weighted by Crippen LogP contribution is 2.15. The van der Waals surface area contributed by atoms with Crippen LogP contribution in [0.4, 0.5) is 0 Å². The minimum Gasteiger partial charge on any atom is -0.487 e. The number of hydrogen-bond donors (Lipinski definition) is 2. The number of nitrogens with one attached hydrogen (secondary N) is 2. The first kappa shape index (κ1) is 19.4. The molecular weight excluding hydrogens is 366 g/mol. The van der Waals surface area contributed by atoms with Crippen LogP contribution in [0.2, 0.25) is 0 Å². The molecule has 0 unspecified atom stereocenters. The second kappa shape index (κ2) is 9.54. The fourth-order valence-electron chi connectivity index (χ4n) is 3.48. The molecule has 3 aromatic rings. The first-order valence-electron chi connectivity index (χ1n) is 10.1. The van der Waals surface area contributed by atoms with Crippen molar-refractivity contribution in [2.24, 2.45) is 0 Å². The van der Waals surface area contributed by atoms with Crippen molar-refractivity contribution in [2.75, 3.05) is 39.3 Å². The SMILES string of the molecule is O=C(NCCCN1CCNCC1)c1cccc(OCc2cn3ccccc3n2)c1. The van der Waals surface area contributed by atoms with E-state index < -0.39 is 0 Å². The summed E-state index contributed by atoms with van der Waals surface area (Å²) in [6.07, 6.45) is 4.86. The minimum absolute atomic E-state index is 0.0662. The van der Waals surface area contributed by atoms with Gasteiger partial charge in [0.2, 0.25) is 0 Å². The fraction of sp³-hybridized carbons (Fsp3) is 0.364. The van der Waals surface area contributed by atoms with Gasteiger partial charge in [-0.2, -0.15) is 0 Å². The summed E-state index contributed by atoms with van der Waals surface area (Å²) in [6, 6.07) is 13.2. The summed E-state index contributed by atoms with van der Waals surface area (Å²) in [4.78, 5) is 19.4. The van der Waals surface area contributed by atoms with Gasteiger partial charge in [-0.1, -0.05) is 12.1 Å². The molecule has 29 heavy (non-hydrogen) atoms. The Balaban J connectivity index is 1.25. The quantitative estimate of drug-likeness (QED) is 0.573. The van der Waals surface area contributed by atoms with E-state index in [1.165, 1.54) is 0 Å². The van der Waals surface area contributed by atoms with Crippen LogP contribution in [0, 0.1) is 0 Å². The maximum Gasteiger partial charge on any atom is 0.251 e. The van der Waals surface area contributed by atoms with Crippen LogP contribution in [0.1, 0.15) is 22.5 Å². The molecule has 1 amide bonds. The molecule has 3 heterocycles. The maximum atomic E-state index is 12.4. The largest absolute Gasteiger partial charge is 0.487 e. The van der Waals surface area contributed by atoms with Crippen LogP contribution < -0.4 is 15.4 Å². The van der Waals surface area contributed by atoms with Crippen molar-refractivity contribution in [1.82, 2.24) is 24.9 Å². The Morgan fingerprint density at radius 1 is 1.17 bits per heavy atom. The molecular formula is C22H27N5O2. The number of amides is 1. The van der Waals surface area contributed by atoms with Crippen molar-refractivity contribution in [2.45, 2.75) is 13.0 Å². The standard InChI is InChI=1S/C22H27N5O2/c28-22(24-8-4-11-26-13-9-23-10-14-26)18-5-3-6-20(15-18)29-17-19-16-27-12-2-1-7-21(27)25-19/h1-3,5-7,12,15-16,23H,4,8-11,13-14,17H2,(H,24,28). The number of carbonyl (C=O) groups excluding carboxylic acids is 1. The Morgan fingerprint density at radius 3 is 2.93 bits per heavy atom. The Hall–Kier alpha value is -2.90. The predicted octanol–water partition coefficient (Wildman–Crippen LogP) is 1.94. The van der Waals surface area contributed by atoms with E-state index in [9.17, 15) is 4.79 Å². The maximum absolute atomic E-state index is 12.4. The molecule has 1 aliphatic rings. The molecule has 1 aliphatic heterocycles. The molecule has 1 saturated heterocycles. The fourth-order valence-corrected chi connectivity index (χ4v) is 3.48. The summed E-state index contributed by atoms with van der Waals surface area (Å²) in [5.74, 6) is 0.596. The average Bonchev–Trinajstić information content (AvgIpc) is 3.19. The molecule has 0 bridgehead atoms. The molecule has 7 heteroatoms. The molecule has 4 rings (SSSR count). The highest BCUT2D eigenvalue weighted by molar-refractivity contribution is 5.94. The molecule has 152 valence electrons. The van der Waals surface area contributed by atoms with E-state index in [0.717, 1.165) is 50.5 Å². The van der Waals surface area contributed by atoms with Crippen molar-refractivity contribution in [3.8, 4) is 5.75 Å². The molecule has 0 aliphatic carbocycles. The number of piperazine rings is 1. The van der Waals surface area contributed by atoms with Crippen molar-refractivity contribution < 1.29 is 9.53 Å². The second-order valence-corrected chi connectivity index (χ2v) is 7.22. The van der Waals surface area contributed by atoms with Gasteiger partial charge in [-0.05, 0) is 43.3 Å². The van der Waals surface area contributed by atoms with Crippen LogP contribution in [-0.2, 0) is 6.61 Å². The van der Waals surface area contributed by atoms with Gasteiger partial charge < -0.3 is 24.7 Å². The van der Waals surface area contributed by atoms with Gasteiger partial charge in [0.05, 0.1) is 5.69 Å². The smallest absolute Gasteiger partial charge is 0.251 e. The van der Waals surface area contributed by atoms with Crippen LogP contribution in [0.15, 0.2) is 54.9 Å². The number of aromatic nitrogens is 2. The zero-order chi connectivity index (χ0) is 19.9. The van der Waals surface area contributed by atoms with Gasteiger partial charge in [-0.15, -0.1) is 0 Å². The van der Waals surface area contributed by atoms with Crippen molar-refractivity contribution in [3.63, 3.8) is 0 Å². The Bertz CT molecular complexity index is 916. The van der Waals surface area contributed by atoms with Gasteiger partial charge in [0.25, 0.3) is 5.91 Å². The number of fused-ring (bicyclic) bond motifs is 1. The zero-order valence-corrected chi connectivity index (χ0v) is 16.5. The number of pyridine rings is 1. The van der Waals surface area contributed by atoms with Crippen molar-refractivity contribution in [3.05, 3.63) is 66.1 Å². The molecule has 0 atom stereocenters. The number of nitrogens with zero attached hydrogens (tertiary/aromatic N) is 3. The topological polar surface area (TPSA) is 70.9 Å². The van der Waals surface area contributed by atoms with E-state index in [0.29, 0.717) is 24.5 Å². The third kappa shape index (κ3) is 5.34. The monoisotopic (exact) mass is 393 g/mol. The molecule has 2 N–H and O–H groups in total. The summed E-state index contributed by atoms with van der Waals surface area (Å²) in [5.41, 5.74) is 2.35. The zero-order valence-electron chi connectivity index (χ0n) is 16.5. The van der Waals surface area contributed by atoms with Gasteiger partial charge in [0.15, 0.2) is 0 Å². The number of hydrogen-bond acceptors (Lipinski definition) is 5. The second-order valence-electron chi connectivity index (χ2n) is 7.22. The van der Waals surface area contributed by atoms with Crippen LogP contribution in [-0.4, -0.2) is 59.5 Å². The molecule has 1 fully saturated rings. The third-order valence-electron chi connectivity index (χ3n) is 5.04. The number of imidazole rings is 1. The number of rotatable bonds is 8. The lowest BCUT2D eigenvalue weighted by molar-refractivity contribution is 0.0950. The molecule has 2 aromatic heterocycles. The van der Waals surface area contributed by atoms with Crippen LogP contribution in [0.3, 0.4) is 0 Å². The molecule has 1 aromatic carbocycles. The van der Waals surface area contributed by atoms with E-state index in [2.05, 4.69) is 20.5 Å². The third-order valence-corrected chi connectivity index (χ3v) is 5.04. The van der Waals surface area contributed by atoms with Crippen LogP contribution >= 0.6 is 0 Å². The van der Waals surface area contributed by atoms with E-state index in [4.69, 9.17) is 4.74 Å². The van der Waals surface area contributed by atoms with Gasteiger partial charge in [0.1, 0.15) is 18.0 Å². The Kier molecular flexibility index (Phi) is 6.38. The lowest BCUT2D eigenvalue weighted by Crippen LogP contribution is -2.44. The average molecular weight is 393 g/mol. The first-order valence-corrected chi connectivity index (χ1v) is 10.1. The van der Waals surface area contributed by atoms with Gasteiger partial charge in [-0.25, -0.2) is 4.98 Å². The lowest BCUT2D eigenvalue weighted by atomic mass is 10.2. The van der Waals surface area contributed by atoms with E-state index >= 15 is 0 Å². The number of benzene rings is 1. The van der Waals surface area contributed by atoms with E-state index in [1.807, 2.05) is 53.2 Å². The first-order chi connectivity index (χ1) is 14.3. The van der Waals surface area contributed by atoms with Gasteiger partial charge in [0, 0.05) is 50.7 Å². The van der Waals surface area contributed by atoms with E-state index in [-0.39, 0.29) is 5.91 Å². The van der Waals surface area contributed by atoms with Crippen molar-refractivity contribution in [1.29, 1.82) is 0 Å². The summed E-state index contributed by atoms with van der Waals surface area (Å²) in [7, 11) is 0. The van der Waals surface area contributed by atoms with Gasteiger partial charge in [-0.3, -0.25) is 4.79 Å². The minimum atomic E-state index is -0.0662. The number of ether oxygens (including phenoxy) is 1. The molecule has 0 radical (unpaired) electrons. The Labute approximate surface area is 170 Å². The highest BCUT2D eigenvalue weighted by Gasteiger charge is 2.10. The Morgan fingerprint density at radius 2 is 2.07 bits per heavy atom. The summed E-state index contributed by atoms with van der Waals surface area (Å²) in [5, 5.41) is 6.35. The summed E-state index contributed by atoms with van der Waals surface area (Å²) in [6.45, 7) is 6.32. The highest BCUT2D eigenvalue weighted by atomic mass is 16.5. The summed E-state index contributed by atoms with van der Waals surface area (Å²) >= 11 is 0. The van der Waals surface area contributed by atoms with Crippen LogP contribution in [0.25, 0.3) is 5.65 Å². The normalized spacial score (nSPS) is 14.8. The van der Waals surface area contributed by atoms with Crippen LogP contribution in [0.5, 0.6) is 5.75 Å². The summed E-state index contributed by atoms with van der Waals surface area (Å²) < 4.78 is 7.81. The molecule has 0 spiro atoms. The van der Waals surface area contributed by atoms with E-state index in [1.54, 1.807) is 6.07 Å². The lowest BCUT2D eigenvalue weighted by Gasteiger charge is -2.27. The number of carbonyl (C=O) groups is 1. The van der Waals surface area contributed by atoms with Gasteiger partial charge >= 0.3 is 0 Å². The molecule has 0 saturated carbocycles. The van der Waals surface area contributed by atoms with Crippen molar-refractivity contribution >= 4 is 11.6 Å². The predicted molar refractivity (Wildman–Crippen MR) is 112 cm³/mol.